The van der Waals surface area contributed by atoms with Crippen LogP contribution in [0.5, 0.6) is 0 Å². The maximum absolute atomic E-state index is 5.65. The fourth-order valence-electron chi connectivity index (χ4n) is 1.29. The van der Waals surface area contributed by atoms with Crippen LogP contribution in [0.15, 0.2) is 35.3 Å². The molecule has 80 valence electrons. The van der Waals surface area contributed by atoms with Gasteiger partial charge in [-0.25, -0.2) is 4.98 Å². The van der Waals surface area contributed by atoms with Gasteiger partial charge in [0.2, 0.25) is 0 Å². The highest BCUT2D eigenvalue weighted by Gasteiger charge is 1.98. The van der Waals surface area contributed by atoms with E-state index in [2.05, 4.69) is 10.3 Å². The van der Waals surface area contributed by atoms with E-state index >= 15 is 0 Å². The molecule has 0 radical (unpaired) electrons. The zero-order valence-electron chi connectivity index (χ0n) is 8.19. The molecule has 2 aromatic rings. The monoisotopic (exact) mass is 225 g/mol. The van der Waals surface area contributed by atoms with Gasteiger partial charge in [-0.05, 0) is 23.7 Å². The number of rotatable bonds is 5. The van der Waals surface area contributed by atoms with E-state index in [1.54, 1.807) is 18.6 Å². The van der Waals surface area contributed by atoms with Gasteiger partial charge in [0.05, 0.1) is 12.9 Å². The van der Waals surface area contributed by atoms with Crippen LogP contribution in [0.4, 0.5) is 0 Å². The van der Waals surface area contributed by atoms with Crippen molar-refractivity contribution in [1.82, 2.24) is 14.9 Å². The standard InChI is InChI=1S/C10H12ClN3O/c11-10-2-1-9(15-10)7-12-3-5-14-6-4-13-8-14/h1-2,4,6,8,12H,3,5,7H2. The fourth-order valence-corrected chi connectivity index (χ4v) is 1.45. The smallest absolute Gasteiger partial charge is 0.193 e. The normalized spacial score (nSPS) is 10.7. The van der Waals surface area contributed by atoms with Crippen molar-refractivity contribution in [1.29, 1.82) is 0 Å². The molecule has 15 heavy (non-hydrogen) atoms. The van der Waals surface area contributed by atoms with E-state index in [1.165, 1.54) is 0 Å². The van der Waals surface area contributed by atoms with E-state index in [9.17, 15) is 0 Å². The Kier molecular flexibility index (Phi) is 3.42. The maximum Gasteiger partial charge on any atom is 0.193 e. The van der Waals surface area contributed by atoms with Crippen molar-refractivity contribution < 1.29 is 4.42 Å². The van der Waals surface area contributed by atoms with E-state index in [0.717, 1.165) is 18.8 Å². The summed E-state index contributed by atoms with van der Waals surface area (Å²) in [5, 5.41) is 3.68. The fraction of sp³-hybridized carbons (Fsp3) is 0.300. The highest BCUT2D eigenvalue weighted by molar-refractivity contribution is 6.28. The van der Waals surface area contributed by atoms with Gasteiger partial charge in [-0.1, -0.05) is 0 Å². The van der Waals surface area contributed by atoms with Gasteiger partial charge in [0, 0.05) is 25.5 Å². The highest BCUT2D eigenvalue weighted by atomic mass is 35.5. The second-order valence-corrected chi connectivity index (χ2v) is 3.56. The summed E-state index contributed by atoms with van der Waals surface area (Å²) in [5.41, 5.74) is 0. The van der Waals surface area contributed by atoms with Gasteiger partial charge < -0.3 is 14.3 Å². The van der Waals surface area contributed by atoms with Crippen LogP contribution in [0.3, 0.4) is 0 Å². The lowest BCUT2D eigenvalue weighted by Crippen LogP contribution is -2.18. The SMILES string of the molecule is Clc1ccc(CNCCn2ccnc2)o1. The summed E-state index contributed by atoms with van der Waals surface area (Å²) in [7, 11) is 0. The molecule has 0 saturated heterocycles. The van der Waals surface area contributed by atoms with Gasteiger partial charge in [0.1, 0.15) is 5.76 Å². The van der Waals surface area contributed by atoms with Crippen molar-refractivity contribution >= 4 is 11.6 Å². The van der Waals surface area contributed by atoms with Gasteiger partial charge >= 0.3 is 0 Å². The number of furan rings is 1. The van der Waals surface area contributed by atoms with E-state index in [1.807, 2.05) is 16.8 Å². The van der Waals surface area contributed by atoms with Gasteiger partial charge in [0.25, 0.3) is 0 Å². The lowest BCUT2D eigenvalue weighted by molar-refractivity contribution is 0.477. The number of hydrogen-bond donors (Lipinski definition) is 1. The number of nitrogens with one attached hydrogen (secondary N) is 1. The van der Waals surface area contributed by atoms with E-state index in [0.29, 0.717) is 11.8 Å². The molecule has 0 spiro atoms. The molecule has 5 heteroatoms. The van der Waals surface area contributed by atoms with Crippen LogP contribution in [0.1, 0.15) is 5.76 Å². The molecule has 1 N–H and O–H groups in total. The molecule has 0 aromatic carbocycles. The summed E-state index contributed by atoms with van der Waals surface area (Å²) >= 11 is 5.65. The van der Waals surface area contributed by atoms with Crippen molar-refractivity contribution in [3.05, 3.63) is 41.8 Å². The summed E-state index contributed by atoms with van der Waals surface area (Å²) in [6.07, 6.45) is 5.50. The summed E-state index contributed by atoms with van der Waals surface area (Å²) in [4.78, 5) is 3.96. The molecule has 0 saturated carbocycles. The predicted molar refractivity (Wildman–Crippen MR) is 57.7 cm³/mol. The zero-order valence-corrected chi connectivity index (χ0v) is 8.94. The minimum atomic E-state index is 0.432. The van der Waals surface area contributed by atoms with Crippen molar-refractivity contribution in [3.63, 3.8) is 0 Å². The Balaban J connectivity index is 1.67. The van der Waals surface area contributed by atoms with Crippen LogP contribution in [0, 0.1) is 0 Å². The third-order valence-electron chi connectivity index (χ3n) is 2.03. The number of imidazole rings is 1. The number of halogens is 1. The first-order valence-corrected chi connectivity index (χ1v) is 5.13. The molecule has 0 amide bonds. The molecule has 0 aliphatic rings. The van der Waals surface area contributed by atoms with Crippen molar-refractivity contribution in [2.45, 2.75) is 13.1 Å². The molecule has 0 bridgehead atoms. The number of aromatic nitrogens is 2. The third-order valence-corrected chi connectivity index (χ3v) is 2.24. The van der Waals surface area contributed by atoms with Gasteiger partial charge in [-0.3, -0.25) is 0 Å². The van der Waals surface area contributed by atoms with Gasteiger partial charge in [-0.15, -0.1) is 0 Å². The van der Waals surface area contributed by atoms with Crippen molar-refractivity contribution in [3.8, 4) is 0 Å². The highest BCUT2D eigenvalue weighted by Crippen LogP contribution is 2.12. The molecule has 0 aliphatic heterocycles. The third kappa shape index (κ3) is 3.11. The Labute approximate surface area is 92.9 Å². The second kappa shape index (κ2) is 5.00. The molecule has 0 atom stereocenters. The minimum Gasteiger partial charge on any atom is -0.448 e. The molecule has 0 aliphatic carbocycles. The molecule has 0 fully saturated rings. The van der Waals surface area contributed by atoms with Crippen LogP contribution < -0.4 is 5.32 Å². The molecule has 4 nitrogen and oxygen atoms in total. The second-order valence-electron chi connectivity index (χ2n) is 3.18. The number of hydrogen-bond acceptors (Lipinski definition) is 3. The van der Waals surface area contributed by atoms with Gasteiger partial charge in [-0.2, -0.15) is 0 Å². The molecule has 0 unspecified atom stereocenters. The summed E-state index contributed by atoms with van der Waals surface area (Å²) in [6.45, 7) is 2.46. The molecule has 2 heterocycles. The minimum absolute atomic E-state index is 0.432. The van der Waals surface area contributed by atoms with E-state index in [4.69, 9.17) is 16.0 Å². The Morgan fingerprint density at radius 1 is 1.47 bits per heavy atom. The predicted octanol–water partition coefficient (Wildman–Crippen LogP) is 1.92. The van der Waals surface area contributed by atoms with Gasteiger partial charge in [0.15, 0.2) is 5.22 Å². The Bertz CT molecular complexity index is 396. The lowest BCUT2D eigenvalue weighted by Gasteiger charge is -2.03. The first-order chi connectivity index (χ1) is 7.34. The zero-order chi connectivity index (χ0) is 10.5. The largest absolute Gasteiger partial charge is 0.448 e. The summed E-state index contributed by atoms with van der Waals surface area (Å²) in [5.74, 6) is 0.852. The van der Waals surface area contributed by atoms with Crippen LogP contribution in [0.25, 0.3) is 0 Å². The molecule has 2 aromatic heterocycles. The number of nitrogens with zero attached hydrogens (tertiary/aromatic N) is 2. The van der Waals surface area contributed by atoms with Crippen LogP contribution in [-0.2, 0) is 13.1 Å². The lowest BCUT2D eigenvalue weighted by atomic mass is 10.4. The average molecular weight is 226 g/mol. The molecule has 2 rings (SSSR count). The summed E-state index contributed by atoms with van der Waals surface area (Å²) < 4.78 is 7.22. The quantitative estimate of drug-likeness (QED) is 0.791. The molecular weight excluding hydrogens is 214 g/mol. The average Bonchev–Trinajstić information content (AvgIpc) is 2.84. The van der Waals surface area contributed by atoms with Crippen molar-refractivity contribution in [2.24, 2.45) is 0 Å². The van der Waals surface area contributed by atoms with Crippen molar-refractivity contribution in [2.75, 3.05) is 6.54 Å². The Hall–Kier alpha value is -1.26. The summed E-state index contributed by atoms with van der Waals surface area (Å²) in [6, 6.07) is 3.61. The topological polar surface area (TPSA) is 43.0 Å². The first-order valence-electron chi connectivity index (χ1n) is 4.75. The molecular formula is C10H12ClN3O. The van der Waals surface area contributed by atoms with Crippen LogP contribution in [-0.4, -0.2) is 16.1 Å². The van der Waals surface area contributed by atoms with Crippen LogP contribution >= 0.6 is 11.6 Å². The Morgan fingerprint density at radius 2 is 2.40 bits per heavy atom. The van der Waals surface area contributed by atoms with E-state index < -0.39 is 0 Å². The van der Waals surface area contributed by atoms with E-state index in [-0.39, 0.29) is 0 Å². The van der Waals surface area contributed by atoms with Crippen LogP contribution in [0.2, 0.25) is 5.22 Å². The first kappa shape index (κ1) is 10.3. The maximum atomic E-state index is 5.65. The Morgan fingerprint density at radius 3 is 3.07 bits per heavy atom.